The van der Waals surface area contributed by atoms with Crippen LogP contribution in [-0.4, -0.2) is 25.5 Å². The van der Waals surface area contributed by atoms with Crippen molar-refractivity contribution in [2.45, 2.75) is 20.0 Å². The van der Waals surface area contributed by atoms with E-state index in [0.29, 0.717) is 17.3 Å². The fraction of sp³-hybridized carbons (Fsp3) is 0.263. The molecule has 0 fully saturated rings. The highest BCUT2D eigenvalue weighted by Gasteiger charge is 2.07. The second-order valence-corrected chi connectivity index (χ2v) is 6.10. The van der Waals surface area contributed by atoms with E-state index in [1.165, 1.54) is 0 Å². The number of halogens is 1. The second kappa shape index (κ2) is 9.79. The minimum absolute atomic E-state index is 0.147. The Bertz CT molecular complexity index is 793. The molecule has 0 heterocycles. The van der Waals surface area contributed by atoms with Crippen molar-refractivity contribution >= 4 is 34.8 Å². The number of carbonyl (C=O) groups excluding carboxylic acids is 1. The molecule has 0 radical (unpaired) electrons. The highest BCUT2D eigenvalue weighted by Crippen LogP contribution is 2.23. The monoisotopic (exact) mass is 374 g/mol. The molecule has 6 nitrogen and oxygen atoms in total. The van der Waals surface area contributed by atoms with Crippen LogP contribution in [0, 0.1) is 6.92 Å². The van der Waals surface area contributed by atoms with Gasteiger partial charge in [-0.1, -0.05) is 35.9 Å². The summed E-state index contributed by atoms with van der Waals surface area (Å²) in [7, 11) is 1.63. The van der Waals surface area contributed by atoms with Crippen molar-refractivity contribution in [1.82, 2.24) is 0 Å². The summed E-state index contributed by atoms with van der Waals surface area (Å²) >= 11 is 6.05. The summed E-state index contributed by atoms with van der Waals surface area (Å²) in [6, 6.07) is 13.0. The predicted molar refractivity (Wildman–Crippen MR) is 107 cm³/mol. The molecule has 0 unspecified atom stereocenters. The van der Waals surface area contributed by atoms with Crippen molar-refractivity contribution in [3.8, 4) is 0 Å². The lowest BCUT2D eigenvalue weighted by atomic mass is 10.2. The molecule has 0 aliphatic rings. The molecule has 0 aliphatic carbocycles. The number of nitrogens with two attached hydrogens (primary N) is 1. The third-order valence-corrected chi connectivity index (χ3v) is 4.15. The molecule has 0 aliphatic heterocycles. The smallest absolute Gasteiger partial charge is 0.226 e. The molecule has 2 aromatic rings. The van der Waals surface area contributed by atoms with Gasteiger partial charge in [-0.15, -0.1) is 0 Å². The SMILES string of the molecule is COCc1ccccc1NC(N)=NCCC(=O)Nc1cccc(Cl)c1C. The molecule has 26 heavy (non-hydrogen) atoms. The van der Waals surface area contributed by atoms with Gasteiger partial charge in [0.2, 0.25) is 5.91 Å². The maximum atomic E-state index is 12.1. The first kappa shape index (κ1) is 19.8. The van der Waals surface area contributed by atoms with E-state index in [2.05, 4.69) is 15.6 Å². The van der Waals surface area contributed by atoms with Gasteiger partial charge in [-0.2, -0.15) is 0 Å². The Kier molecular flexibility index (Phi) is 7.44. The van der Waals surface area contributed by atoms with E-state index < -0.39 is 0 Å². The summed E-state index contributed by atoms with van der Waals surface area (Å²) in [5.74, 6) is 0.104. The number of carbonyl (C=O) groups is 1. The zero-order valence-corrected chi connectivity index (χ0v) is 15.6. The summed E-state index contributed by atoms with van der Waals surface area (Å²) in [5, 5.41) is 6.48. The summed E-state index contributed by atoms with van der Waals surface area (Å²) in [5.41, 5.74) is 9.24. The number of hydrogen-bond donors (Lipinski definition) is 3. The fourth-order valence-electron chi connectivity index (χ4n) is 2.33. The normalized spacial score (nSPS) is 11.3. The number of nitrogens with one attached hydrogen (secondary N) is 2. The van der Waals surface area contributed by atoms with E-state index in [-0.39, 0.29) is 24.8 Å². The average molecular weight is 375 g/mol. The minimum atomic E-state index is -0.147. The van der Waals surface area contributed by atoms with Crippen molar-refractivity contribution in [3.63, 3.8) is 0 Å². The number of guanidine groups is 1. The molecule has 0 atom stereocenters. The van der Waals surface area contributed by atoms with Crippen LogP contribution in [-0.2, 0) is 16.1 Å². The van der Waals surface area contributed by atoms with E-state index in [1.807, 2.05) is 37.3 Å². The van der Waals surface area contributed by atoms with Crippen LogP contribution in [0.2, 0.25) is 5.02 Å². The van der Waals surface area contributed by atoms with E-state index in [1.54, 1.807) is 19.2 Å². The summed E-state index contributed by atoms with van der Waals surface area (Å²) in [4.78, 5) is 16.3. The predicted octanol–water partition coefficient (Wildman–Crippen LogP) is 3.55. The summed E-state index contributed by atoms with van der Waals surface area (Å²) in [6.45, 7) is 2.60. The minimum Gasteiger partial charge on any atom is -0.380 e. The Morgan fingerprint density at radius 2 is 1.88 bits per heavy atom. The van der Waals surface area contributed by atoms with Crippen LogP contribution in [0.25, 0.3) is 0 Å². The molecule has 0 saturated heterocycles. The lowest BCUT2D eigenvalue weighted by Gasteiger charge is -2.11. The maximum absolute atomic E-state index is 12.1. The van der Waals surface area contributed by atoms with Crippen LogP contribution in [0.4, 0.5) is 11.4 Å². The lowest BCUT2D eigenvalue weighted by Crippen LogP contribution is -2.24. The molecule has 138 valence electrons. The van der Waals surface area contributed by atoms with Crippen LogP contribution >= 0.6 is 11.6 Å². The Hall–Kier alpha value is -2.57. The molecule has 4 N–H and O–H groups in total. The standard InChI is InChI=1S/C19H23ClN4O2/c1-13-15(20)7-5-9-16(13)23-18(25)10-11-22-19(21)24-17-8-4-3-6-14(17)12-26-2/h3-9H,10-12H2,1-2H3,(H,23,25)(H3,21,22,24). The van der Waals surface area contributed by atoms with Crippen LogP contribution < -0.4 is 16.4 Å². The van der Waals surface area contributed by atoms with Crippen molar-refractivity contribution in [3.05, 3.63) is 58.6 Å². The van der Waals surface area contributed by atoms with Crippen LogP contribution in [0.3, 0.4) is 0 Å². The number of anilines is 2. The highest BCUT2D eigenvalue weighted by molar-refractivity contribution is 6.31. The number of ether oxygens (including phenoxy) is 1. The molecule has 0 bridgehead atoms. The quantitative estimate of drug-likeness (QED) is 0.510. The van der Waals surface area contributed by atoms with Crippen molar-refractivity contribution in [2.24, 2.45) is 10.7 Å². The van der Waals surface area contributed by atoms with Crippen LogP contribution in [0.5, 0.6) is 0 Å². The number of benzene rings is 2. The largest absolute Gasteiger partial charge is 0.380 e. The lowest BCUT2D eigenvalue weighted by molar-refractivity contribution is -0.116. The molecule has 1 amide bonds. The highest BCUT2D eigenvalue weighted by atomic mass is 35.5. The molecule has 0 spiro atoms. The van der Waals surface area contributed by atoms with Crippen LogP contribution in [0.15, 0.2) is 47.5 Å². The van der Waals surface area contributed by atoms with E-state index in [0.717, 1.165) is 16.8 Å². The molecular formula is C19H23ClN4O2. The number of aliphatic imine (C=N–C) groups is 1. The molecule has 2 aromatic carbocycles. The molecule has 0 aromatic heterocycles. The molecule has 7 heteroatoms. The van der Waals surface area contributed by atoms with Gasteiger partial charge in [0.25, 0.3) is 0 Å². The Morgan fingerprint density at radius 1 is 1.15 bits per heavy atom. The first-order valence-corrected chi connectivity index (χ1v) is 8.57. The topological polar surface area (TPSA) is 88.7 Å². The van der Waals surface area contributed by atoms with Gasteiger partial charge in [-0.25, -0.2) is 0 Å². The molecular weight excluding hydrogens is 352 g/mol. The van der Waals surface area contributed by atoms with Crippen molar-refractivity contribution in [1.29, 1.82) is 0 Å². The van der Waals surface area contributed by atoms with Gasteiger partial charge in [-0.05, 0) is 30.7 Å². The Labute approximate surface area is 158 Å². The average Bonchev–Trinajstić information content (AvgIpc) is 2.61. The first-order valence-electron chi connectivity index (χ1n) is 8.20. The zero-order chi connectivity index (χ0) is 18.9. The van der Waals surface area contributed by atoms with Gasteiger partial charge in [0.05, 0.1) is 13.2 Å². The van der Waals surface area contributed by atoms with Gasteiger partial charge in [-0.3, -0.25) is 9.79 Å². The van der Waals surface area contributed by atoms with Gasteiger partial charge >= 0.3 is 0 Å². The Balaban J connectivity index is 1.87. The number of nitrogens with zero attached hydrogens (tertiary/aromatic N) is 1. The summed E-state index contributed by atoms with van der Waals surface area (Å²) < 4.78 is 5.15. The maximum Gasteiger partial charge on any atom is 0.226 e. The van der Waals surface area contributed by atoms with Gasteiger partial charge in [0, 0.05) is 35.5 Å². The third-order valence-electron chi connectivity index (χ3n) is 3.74. The van der Waals surface area contributed by atoms with E-state index >= 15 is 0 Å². The molecule has 2 rings (SSSR count). The van der Waals surface area contributed by atoms with E-state index in [9.17, 15) is 4.79 Å². The number of rotatable bonds is 7. The first-order chi connectivity index (χ1) is 12.5. The number of para-hydroxylation sites is 1. The van der Waals surface area contributed by atoms with E-state index in [4.69, 9.17) is 22.1 Å². The zero-order valence-electron chi connectivity index (χ0n) is 14.9. The second-order valence-electron chi connectivity index (χ2n) is 5.69. The molecule has 0 saturated carbocycles. The third kappa shape index (κ3) is 5.75. The van der Waals surface area contributed by atoms with Crippen LogP contribution in [0.1, 0.15) is 17.5 Å². The number of methoxy groups -OCH3 is 1. The number of amides is 1. The van der Waals surface area contributed by atoms with Gasteiger partial charge < -0.3 is 21.1 Å². The summed E-state index contributed by atoms with van der Waals surface area (Å²) in [6.07, 6.45) is 0.216. The van der Waals surface area contributed by atoms with Gasteiger partial charge in [0.15, 0.2) is 5.96 Å². The van der Waals surface area contributed by atoms with Crippen molar-refractivity contribution < 1.29 is 9.53 Å². The Morgan fingerprint density at radius 3 is 2.65 bits per heavy atom. The fourth-order valence-corrected chi connectivity index (χ4v) is 2.51. The van der Waals surface area contributed by atoms with Crippen molar-refractivity contribution in [2.75, 3.05) is 24.3 Å². The number of hydrogen-bond acceptors (Lipinski definition) is 3. The van der Waals surface area contributed by atoms with Gasteiger partial charge in [0.1, 0.15) is 0 Å².